The zero-order valence-corrected chi connectivity index (χ0v) is 9.27. The van der Waals surface area contributed by atoms with Gasteiger partial charge in [0.05, 0.1) is 6.61 Å². The lowest BCUT2D eigenvalue weighted by molar-refractivity contribution is -0.139. The van der Waals surface area contributed by atoms with E-state index in [2.05, 4.69) is 0 Å². The van der Waals surface area contributed by atoms with Crippen molar-refractivity contribution >= 4 is 11.9 Å². The van der Waals surface area contributed by atoms with Crippen LogP contribution in [0.4, 0.5) is 0 Å². The quantitative estimate of drug-likeness (QED) is 0.516. The van der Waals surface area contributed by atoms with Gasteiger partial charge in [0.2, 0.25) is 0 Å². The highest BCUT2D eigenvalue weighted by Gasteiger charge is 2.05. The summed E-state index contributed by atoms with van der Waals surface area (Å²) in [5.74, 6) is -1.78. The van der Waals surface area contributed by atoms with E-state index in [9.17, 15) is 9.59 Å². The van der Waals surface area contributed by atoms with Crippen molar-refractivity contribution in [2.75, 3.05) is 20.7 Å². The number of hydrogen-bond acceptors (Lipinski definition) is 4. The highest BCUT2D eigenvalue weighted by Crippen LogP contribution is 1.98. The summed E-state index contributed by atoms with van der Waals surface area (Å²) in [5.41, 5.74) is 0. The minimum Gasteiger partial charge on any atom is -0.478 e. The number of ether oxygens (including phenoxy) is 1. The molecule has 86 valence electrons. The molecule has 0 spiro atoms. The molecule has 0 saturated carbocycles. The molecule has 15 heavy (non-hydrogen) atoms. The van der Waals surface area contributed by atoms with Gasteiger partial charge in [0.15, 0.2) is 0 Å². The van der Waals surface area contributed by atoms with Gasteiger partial charge in [-0.1, -0.05) is 0 Å². The van der Waals surface area contributed by atoms with Crippen LogP contribution in [0.3, 0.4) is 0 Å². The summed E-state index contributed by atoms with van der Waals surface area (Å²) < 4.78 is 4.80. The number of carbonyl (C=O) groups is 2. The SMILES string of the molecule is CC(CCOC(=O)C=CC(=O)O)N(C)C. The first kappa shape index (κ1) is 13.6. The number of rotatable bonds is 6. The maximum Gasteiger partial charge on any atom is 0.331 e. The first-order valence-corrected chi connectivity index (χ1v) is 4.67. The van der Waals surface area contributed by atoms with Gasteiger partial charge in [-0.05, 0) is 27.4 Å². The second-order valence-corrected chi connectivity index (χ2v) is 3.44. The topological polar surface area (TPSA) is 66.8 Å². The van der Waals surface area contributed by atoms with E-state index in [-0.39, 0.29) is 0 Å². The Morgan fingerprint density at radius 3 is 2.47 bits per heavy atom. The fourth-order valence-corrected chi connectivity index (χ4v) is 0.776. The van der Waals surface area contributed by atoms with Crippen molar-refractivity contribution < 1.29 is 19.4 Å². The predicted octanol–water partition coefficient (Wildman–Crippen LogP) is 0.511. The van der Waals surface area contributed by atoms with Crippen LogP contribution in [-0.4, -0.2) is 48.7 Å². The summed E-state index contributed by atoms with van der Waals surface area (Å²) in [4.78, 5) is 23.0. The van der Waals surface area contributed by atoms with Gasteiger partial charge < -0.3 is 14.7 Å². The Balaban J connectivity index is 3.69. The molecule has 5 nitrogen and oxygen atoms in total. The number of aliphatic carboxylic acids is 1. The third-order valence-electron chi connectivity index (χ3n) is 2.02. The second kappa shape index (κ2) is 7.00. The molecule has 0 heterocycles. The number of carboxylic acids is 1. The minimum atomic E-state index is -1.16. The van der Waals surface area contributed by atoms with Gasteiger partial charge in [-0.2, -0.15) is 0 Å². The zero-order chi connectivity index (χ0) is 11.8. The van der Waals surface area contributed by atoms with Gasteiger partial charge >= 0.3 is 11.9 Å². The molecular weight excluding hydrogens is 198 g/mol. The van der Waals surface area contributed by atoms with Crippen molar-refractivity contribution in [1.29, 1.82) is 0 Å². The van der Waals surface area contributed by atoms with Gasteiger partial charge in [0.1, 0.15) is 0 Å². The van der Waals surface area contributed by atoms with E-state index in [4.69, 9.17) is 9.84 Å². The maximum absolute atomic E-state index is 10.9. The van der Waals surface area contributed by atoms with E-state index < -0.39 is 11.9 Å². The average Bonchev–Trinajstić information content (AvgIpc) is 2.14. The first-order valence-electron chi connectivity index (χ1n) is 4.67. The lowest BCUT2D eigenvalue weighted by Gasteiger charge is -2.18. The van der Waals surface area contributed by atoms with Gasteiger partial charge in [0, 0.05) is 18.2 Å². The Labute approximate surface area is 89.3 Å². The highest BCUT2D eigenvalue weighted by molar-refractivity contribution is 5.90. The van der Waals surface area contributed by atoms with E-state index in [0.717, 1.165) is 18.6 Å². The summed E-state index contributed by atoms with van der Waals surface area (Å²) in [6.07, 6.45) is 2.39. The van der Waals surface area contributed by atoms with E-state index in [1.165, 1.54) is 0 Å². The second-order valence-electron chi connectivity index (χ2n) is 3.44. The number of hydrogen-bond donors (Lipinski definition) is 1. The maximum atomic E-state index is 10.9. The predicted molar refractivity (Wildman–Crippen MR) is 55.5 cm³/mol. The Hall–Kier alpha value is -1.36. The number of carboxylic acid groups (broad SMARTS) is 1. The average molecular weight is 215 g/mol. The van der Waals surface area contributed by atoms with Gasteiger partial charge in [-0.25, -0.2) is 9.59 Å². The van der Waals surface area contributed by atoms with Crippen molar-refractivity contribution in [2.24, 2.45) is 0 Å². The van der Waals surface area contributed by atoms with Crippen LogP contribution in [0.25, 0.3) is 0 Å². The molecule has 1 unspecified atom stereocenters. The van der Waals surface area contributed by atoms with Crippen LogP contribution in [0, 0.1) is 0 Å². The molecule has 0 aromatic rings. The van der Waals surface area contributed by atoms with Crippen molar-refractivity contribution in [3.8, 4) is 0 Å². The van der Waals surface area contributed by atoms with Crippen molar-refractivity contribution in [1.82, 2.24) is 4.90 Å². The Morgan fingerprint density at radius 2 is 2.00 bits per heavy atom. The first-order chi connectivity index (χ1) is 6.93. The third-order valence-corrected chi connectivity index (χ3v) is 2.02. The van der Waals surface area contributed by atoms with E-state index in [1.54, 1.807) is 0 Å². The fraction of sp³-hybridized carbons (Fsp3) is 0.600. The molecule has 0 amide bonds. The summed E-state index contributed by atoms with van der Waals surface area (Å²) in [6.45, 7) is 2.31. The van der Waals surface area contributed by atoms with Crippen molar-refractivity contribution in [3.63, 3.8) is 0 Å². The molecule has 1 N–H and O–H groups in total. The smallest absolute Gasteiger partial charge is 0.331 e. The van der Waals surface area contributed by atoms with E-state index >= 15 is 0 Å². The third kappa shape index (κ3) is 7.69. The van der Waals surface area contributed by atoms with Crippen molar-refractivity contribution in [3.05, 3.63) is 12.2 Å². The van der Waals surface area contributed by atoms with Gasteiger partial charge in [-0.15, -0.1) is 0 Å². The zero-order valence-electron chi connectivity index (χ0n) is 9.27. The molecule has 0 rings (SSSR count). The standard InChI is InChI=1S/C10H17NO4/c1-8(11(2)3)6-7-15-10(14)5-4-9(12)13/h4-5,8H,6-7H2,1-3H3,(H,12,13). The van der Waals surface area contributed by atoms with Crippen LogP contribution >= 0.6 is 0 Å². The van der Waals surface area contributed by atoms with Gasteiger partial charge in [0.25, 0.3) is 0 Å². The molecule has 0 bridgehead atoms. The number of carbonyl (C=O) groups excluding carboxylic acids is 1. The summed E-state index contributed by atoms with van der Waals surface area (Å²) >= 11 is 0. The summed E-state index contributed by atoms with van der Waals surface area (Å²) in [6, 6.07) is 0.321. The Morgan fingerprint density at radius 1 is 1.40 bits per heavy atom. The molecule has 1 atom stereocenters. The number of esters is 1. The van der Waals surface area contributed by atoms with Crippen LogP contribution in [0.2, 0.25) is 0 Å². The monoisotopic (exact) mass is 215 g/mol. The lowest BCUT2D eigenvalue weighted by Crippen LogP contribution is -2.26. The van der Waals surface area contributed by atoms with Crippen LogP contribution in [-0.2, 0) is 14.3 Å². The molecule has 0 aromatic carbocycles. The molecule has 0 aliphatic heterocycles. The van der Waals surface area contributed by atoms with Crippen LogP contribution in [0.5, 0.6) is 0 Å². The normalized spacial score (nSPS) is 13.1. The molecule has 5 heteroatoms. The molecular formula is C10H17NO4. The fourth-order valence-electron chi connectivity index (χ4n) is 0.776. The largest absolute Gasteiger partial charge is 0.478 e. The van der Waals surface area contributed by atoms with E-state index in [1.807, 2.05) is 25.9 Å². The van der Waals surface area contributed by atoms with Crippen LogP contribution in [0.15, 0.2) is 12.2 Å². The highest BCUT2D eigenvalue weighted by atomic mass is 16.5. The Kier molecular flexibility index (Phi) is 6.37. The Bertz CT molecular complexity index is 248. The minimum absolute atomic E-state index is 0.294. The van der Waals surface area contributed by atoms with Gasteiger partial charge in [-0.3, -0.25) is 0 Å². The van der Waals surface area contributed by atoms with Crippen LogP contribution in [0.1, 0.15) is 13.3 Å². The van der Waals surface area contributed by atoms with E-state index in [0.29, 0.717) is 12.6 Å². The molecule has 0 aliphatic rings. The molecule has 0 radical (unpaired) electrons. The number of nitrogens with zero attached hydrogens (tertiary/aromatic N) is 1. The molecule has 0 aliphatic carbocycles. The van der Waals surface area contributed by atoms with Crippen molar-refractivity contribution in [2.45, 2.75) is 19.4 Å². The molecule has 0 aromatic heterocycles. The molecule has 0 saturated heterocycles. The summed E-state index contributed by atoms with van der Waals surface area (Å²) in [5, 5.41) is 8.25. The van der Waals surface area contributed by atoms with Crippen LogP contribution < -0.4 is 0 Å². The lowest BCUT2D eigenvalue weighted by atomic mass is 10.2. The molecule has 0 fully saturated rings. The summed E-state index contributed by atoms with van der Waals surface area (Å²) in [7, 11) is 3.88.